The number of hydrogen-bond donors (Lipinski definition) is 0. The van der Waals surface area contributed by atoms with E-state index in [0.717, 1.165) is 11.1 Å². The van der Waals surface area contributed by atoms with Crippen LogP contribution in [0, 0.1) is 18.8 Å². The van der Waals surface area contributed by atoms with Crippen LogP contribution in [-0.2, 0) is 9.84 Å². The van der Waals surface area contributed by atoms with E-state index in [2.05, 4.69) is 18.8 Å². The number of rotatable bonds is 5. The first-order valence-corrected chi connectivity index (χ1v) is 8.53. The molecule has 0 spiro atoms. The number of ether oxygens (including phenoxy) is 1. The zero-order valence-corrected chi connectivity index (χ0v) is 13.6. The van der Waals surface area contributed by atoms with Gasteiger partial charge in [0.25, 0.3) is 0 Å². The maximum atomic E-state index is 12.3. The molecule has 0 N–H and O–H groups in total. The van der Waals surface area contributed by atoms with E-state index in [-0.39, 0.29) is 11.5 Å². The molecule has 0 unspecified atom stereocenters. The van der Waals surface area contributed by atoms with Gasteiger partial charge in [-0.05, 0) is 55.3 Å². The van der Waals surface area contributed by atoms with Gasteiger partial charge in [0.15, 0.2) is 9.84 Å². The van der Waals surface area contributed by atoms with Crippen molar-refractivity contribution < 1.29 is 13.2 Å². The molecule has 0 amide bonds. The summed E-state index contributed by atoms with van der Waals surface area (Å²) in [5.74, 6) is 6.09. The average Bonchev–Trinajstić information content (AvgIpc) is 2.55. The van der Waals surface area contributed by atoms with E-state index in [1.54, 1.807) is 25.1 Å². The molecule has 0 bridgehead atoms. The summed E-state index contributed by atoms with van der Waals surface area (Å²) in [6.07, 6.45) is 1.57. The number of benzene rings is 2. The molecule has 0 aliphatic carbocycles. The van der Waals surface area contributed by atoms with Crippen molar-refractivity contribution in [2.75, 3.05) is 6.61 Å². The standard InChI is InChI=1S/C19H17O3S/c1-3-4-14-22-18-9-11-19(12-10-18)23(20,21)15-13-17-7-5-16(2)6-8-17/h5-13,15H,2,14H2,1H3/b15-13+. The minimum absolute atomic E-state index is 0.219. The van der Waals surface area contributed by atoms with Gasteiger partial charge in [-0.3, -0.25) is 0 Å². The molecule has 2 aromatic rings. The molecule has 4 heteroatoms. The predicted molar refractivity (Wildman–Crippen MR) is 92.5 cm³/mol. The van der Waals surface area contributed by atoms with Crippen molar-refractivity contribution in [2.45, 2.75) is 11.8 Å². The van der Waals surface area contributed by atoms with Gasteiger partial charge in [0.1, 0.15) is 12.4 Å². The Labute approximate surface area is 137 Å². The lowest BCUT2D eigenvalue weighted by atomic mass is 10.2. The molecular weight excluding hydrogens is 308 g/mol. The average molecular weight is 325 g/mol. The van der Waals surface area contributed by atoms with E-state index in [9.17, 15) is 8.42 Å². The Bertz CT molecular complexity index is 834. The van der Waals surface area contributed by atoms with Crippen molar-refractivity contribution >= 4 is 15.9 Å². The van der Waals surface area contributed by atoms with Gasteiger partial charge in [-0.25, -0.2) is 8.42 Å². The molecule has 3 nitrogen and oxygen atoms in total. The van der Waals surface area contributed by atoms with Crippen LogP contribution in [0.25, 0.3) is 6.08 Å². The SMILES string of the molecule is [CH2]c1ccc(/C=C/S(=O)(=O)c2ccc(OCC#CC)cc2)cc1. The summed E-state index contributed by atoms with van der Waals surface area (Å²) in [7, 11) is -3.49. The summed E-state index contributed by atoms with van der Waals surface area (Å²) < 4.78 is 29.9. The Morgan fingerprint density at radius 2 is 1.74 bits per heavy atom. The van der Waals surface area contributed by atoms with Gasteiger partial charge < -0.3 is 4.74 Å². The fraction of sp³-hybridized carbons (Fsp3) is 0.105. The lowest BCUT2D eigenvalue weighted by molar-refractivity contribution is 0.370. The topological polar surface area (TPSA) is 43.4 Å². The molecular formula is C19H17O3S. The van der Waals surface area contributed by atoms with Gasteiger partial charge in [0.05, 0.1) is 4.90 Å². The Morgan fingerprint density at radius 3 is 2.35 bits per heavy atom. The van der Waals surface area contributed by atoms with Crippen LogP contribution in [0.4, 0.5) is 0 Å². The van der Waals surface area contributed by atoms with Crippen molar-refractivity contribution in [3.05, 3.63) is 72.0 Å². The molecule has 0 saturated carbocycles. The minimum atomic E-state index is -3.49. The van der Waals surface area contributed by atoms with Gasteiger partial charge in [-0.1, -0.05) is 30.2 Å². The lowest BCUT2D eigenvalue weighted by Crippen LogP contribution is -1.97. The van der Waals surface area contributed by atoms with Gasteiger partial charge in [-0.2, -0.15) is 0 Å². The van der Waals surface area contributed by atoms with Gasteiger partial charge in [-0.15, -0.1) is 5.92 Å². The second-order valence-corrected chi connectivity index (χ2v) is 6.61. The molecule has 0 saturated heterocycles. The number of sulfone groups is 1. The highest BCUT2D eigenvalue weighted by Gasteiger charge is 2.10. The predicted octanol–water partition coefficient (Wildman–Crippen LogP) is 3.72. The second kappa shape index (κ2) is 7.66. The van der Waals surface area contributed by atoms with Crippen molar-refractivity contribution in [1.82, 2.24) is 0 Å². The van der Waals surface area contributed by atoms with E-state index in [0.29, 0.717) is 5.75 Å². The third kappa shape index (κ3) is 5.01. The summed E-state index contributed by atoms with van der Waals surface area (Å²) in [6.45, 7) is 5.81. The molecule has 0 fully saturated rings. The van der Waals surface area contributed by atoms with Crippen LogP contribution < -0.4 is 4.74 Å². The summed E-state index contributed by atoms with van der Waals surface area (Å²) in [5, 5.41) is 1.20. The van der Waals surface area contributed by atoms with E-state index in [4.69, 9.17) is 4.74 Å². The lowest BCUT2D eigenvalue weighted by Gasteiger charge is -2.03. The Hall–Kier alpha value is -2.51. The van der Waals surface area contributed by atoms with Crippen molar-refractivity contribution in [3.8, 4) is 17.6 Å². The zero-order chi connectivity index (χ0) is 16.7. The molecule has 23 heavy (non-hydrogen) atoms. The minimum Gasteiger partial charge on any atom is -0.481 e. The van der Waals surface area contributed by atoms with Crippen LogP contribution >= 0.6 is 0 Å². The highest BCUT2D eigenvalue weighted by atomic mass is 32.2. The van der Waals surface area contributed by atoms with E-state index in [1.807, 2.05) is 24.3 Å². The molecule has 0 aromatic heterocycles. The first kappa shape index (κ1) is 16.9. The van der Waals surface area contributed by atoms with Crippen LogP contribution in [-0.4, -0.2) is 15.0 Å². The van der Waals surface area contributed by atoms with Crippen LogP contribution in [0.2, 0.25) is 0 Å². The van der Waals surface area contributed by atoms with Gasteiger partial charge in [0, 0.05) is 5.41 Å². The molecule has 0 aliphatic heterocycles. The summed E-state index contributed by atoms with van der Waals surface area (Å²) in [5.41, 5.74) is 1.69. The maximum absolute atomic E-state index is 12.3. The fourth-order valence-corrected chi connectivity index (χ4v) is 2.80. The van der Waals surface area contributed by atoms with Crippen LogP contribution in [0.3, 0.4) is 0 Å². The summed E-state index contributed by atoms with van der Waals surface area (Å²) in [4.78, 5) is 0.219. The first-order chi connectivity index (χ1) is 11.0. The normalized spacial score (nSPS) is 11.0. The molecule has 2 rings (SSSR count). The first-order valence-electron chi connectivity index (χ1n) is 6.99. The Kier molecular flexibility index (Phi) is 5.61. The highest BCUT2D eigenvalue weighted by molar-refractivity contribution is 7.94. The second-order valence-electron chi connectivity index (χ2n) is 4.78. The molecule has 2 aromatic carbocycles. The van der Waals surface area contributed by atoms with Gasteiger partial charge in [0.2, 0.25) is 0 Å². The molecule has 0 heterocycles. The quantitative estimate of drug-likeness (QED) is 0.787. The van der Waals surface area contributed by atoms with Crippen molar-refractivity contribution in [2.24, 2.45) is 0 Å². The van der Waals surface area contributed by atoms with Crippen molar-refractivity contribution in [1.29, 1.82) is 0 Å². The molecule has 0 atom stereocenters. The largest absolute Gasteiger partial charge is 0.481 e. The maximum Gasteiger partial charge on any atom is 0.199 e. The highest BCUT2D eigenvalue weighted by Crippen LogP contribution is 2.18. The Morgan fingerprint density at radius 1 is 1.09 bits per heavy atom. The van der Waals surface area contributed by atoms with E-state index >= 15 is 0 Å². The van der Waals surface area contributed by atoms with Crippen LogP contribution in [0.5, 0.6) is 5.75 Å². The zero-order valence-electron chi connectivity index (χ0n) is 12.8. The van der Waals surface area contributed by atoms with E-state index < -0.39 is 9.84 Å². The van der Waals surface area contributed by atoms with E-state index in [1.165, 1.54) is 17.5 Å². The fourth-order valence-electron chi connectivity index (χ4n) is 1.79. The molecule has 117 valence electrons. The Balaban J connectivity index is 2.12. The monoisotopic (exact) mass is 325 g/mol. The van der Waals surface area contributed by atoms with Crippen LogP contribution in [0.15, 0.2) is 58.8 Å². The summed E-state index contributed by atoms with van der Waals surface area (Å²) in [6, 6.07) is 13.6. The molecule has 0 aliphatic rings. The third-order valence-electron chi connectivity index (χ3n) is 3.06. The molecule has 1 radical (unpaired) electrons. The van der Waals surface area contributed by atoms with Gasteiger partial charge >= 0.3 is 0 Å². The number of hydrogen-bond acceptors (Lipinski definition) is 3. The van der Waals surface area contributed by atoms with Crippen LogP contribution in [0.1, 0.15) is 18.1 Å². The smallest absolute Gasteiger partial charge is 0.199 e. The summed E-state index contributed by atoms with van der Waals surface area (Å²) >= 11 is 0. The third-order valence-corrected chi connectivity index (χ3v) is 4.48. The van der Waals surface area contributed by atoms with Crippen molar-refractivity contribution in [3.63, 3.8) is 0 Å².